The fourth-order valence-corrected chi connectivity index (χ4v) is 3.02. The van der Waals surface area contributed by atoms with Crippen LogP contribution in [0.15, 0.2) is 23.3 Å². The number of terminal acetylenes is 1. The normalized spacial score (nSPS) is 21.0. The van der Waals surface area contributed by atoms with Crippen LogP contribution in [0.4, 0.5) is 0 Å². The van der Waals surface area contributed by atoms with E-state index in [1.807, 2.05) is 40.7 Å². The van der Waals surface area contributed by atoms with E-state index in [2.05, 4.69) is 12.8 Å². The Balaban J connectivity index is 0. The van der Waals surface area contributed by atoms with Gasteiger partial charge in [0.25, 0.3) is 5.91 Å². The van der Waals surface area contributed by atoms with Crippen molar-refractivity contribution in [2.45, 2.75) is 60.3 Å². The zero-order chi connectivity index (χ0) is 21.6. The number of likely N-dealkylation sites (tertiary alicyclic amines) is 2. The van der Waals surface area contributed by atoms with Gasteiger partial charge < -0.3 is 19.8 Å². The quantitative estimate of drug-likeness (QED) is 0.447. The van der Waals surface area contributed by atoms with Gasteiger partial charge in [-0.05, 0) is 32.3 Å². The highest BCUT2D eigenvalue weighted by Gasteiger charge is 2.38. The number of carbonyl (C=O) groups is 2. The molecule has 0 bridgehead atoms. The molecule has 2 heterocycles. The van der Waals surface area contributed by atoms with Crippen LogP contribution in [0.5, 0.6) is 0 Å². The maximum Gasteiger partial charge on any atom is 0.475 e. The molecule has 2 aliphatic rings. The Bertz CT molecular complexity index is 541. The van der Waals surface area contributed by atoms with Crippen LogP contribution in [-0.2, 0) is 9.59 Å². The molecule has 0 aromatic heterocycles. The zero-order valence-electron chi connectivity index (χ0n) is 17.6. The van der Waals surface area contributed by atoms with Crippen molar-refractivity contribution in [2.24, 2.45) is 0 Å². The first kappa shape index (κ1) is 27.2. The summed E-state index contributed by atoms with van der Waals surface area (Å²) in [4.78, 5) is 27.5. The lowest BCUT2D eigenvalue weighted by Gasteiger charge is -2.26. The Labute approximate surface area is 165 Å². The van der Waals surface area contributed by atoms with E-state index in [1.54, 1.807) is 13.0 Å². The summed E-state index contributed by atoms with van der Waals surface area (Å²) < 4.78 is 0. The van der Waals surface area contributed by atoms with Gasteiger partial charge in [0.15, 0.2) is 0 Å². The summed E-state index contributed by atoms with van der Waals surface area (Å²) in [5.41, 5.74) is 1.57. The third-order valence-electron chi connectivity index (χ3n) is 4.15. The van der Waals surface area contributed by atoms with Gasteiger partial charge in [0.05, 0.1) is 5.94 Å². The van der Waals surface area contributed by atoms with Crippen molar-refractivity contribution >= 4 is 18.9 Å². The van der Waals surface area contributed by atoms with Gasteiger partial charge in [-0.1, -0.05) is 39.8 Å². The molecule has 2 aliphatic heterocycles. The summed E-state index contributed by atoms with van der Waals surface area (Å²) in [7, 11) is -1.53. The molecule has 0 saturated carbocycles. The fourth-order valence-electron chi connectivity index (χ4n) is 3.02. The maximum absolute atomic E-state index is 12.3. The van der Waals surface area contributed by atoms with Crippen LogP contribution in [0, 0.1) is 12.8 Å². The molecular weight excluding hydrogens is 343 g/mol. The molecule has 0 aliphatic carbocycles. The lowest BCUT2D eigenvalue weighted by Crippen LogP contribution is -2.49. The third kappa shape index (κ3) is 7.24. The van der Waals surface area contributed by atoms with Gasteiger partial charge in [0.2, 0.25) is 5.91 Å². The minimum atomic E-state index is -1.53. The van der Waals surface area contributed by atoms with Crippen LogP contribution in [0.3, 0.4) is 0 Å². The summed E-state index contributed by atoms with van der Waals surface area (Å²) in [6, 6.07) is 0. The first-order valence-corrected chi connectivity index (χ1v) is 9.59. The van der Waals surface area contributed by atoms with Crippen LogP contribution in [0.25, 0.3) is 0 Å². The SMILES string of the molecule is C#C.C/C=C1/CN(CC(=O)N2CCCC2B(O)O)C(=O)/C1=C/C.CC.CC. The van der Waals surface area contributed by atoms with E-state index in [9.17, 15) is 19.6 Å². The molecule has 1 unspecified atom stereocenters. The highest BCUT2D eigenvalue weighted by Crippen LogP contribution is 2.24. The van der Waals surface area contributed by atoms with E-state index < -0.39 is 13.1 Å². The summed E-state index contributed by atoms with van der Waals surface area (Å²) in [5, 5.41) is 18.6. The van der Waals surface area contributed by atoms with Gasteiger partial charge in [-0.2, -0.15) is 0 Å². The van der Waals surface area contributed by atoms with Gasteiger partial charge in [0.1, 0.15) is 6.54 Å². The molecule has 6 nitrogen and oxygen atoms in total. The van der Waals surface area contributed by atoms with Crippen molar-refractivity contribution < 1.29 is 19.6 Å². The molecule has 0 aromatic rings. The van der Waals surface area contributed by atoms with E-state index >= 15 is 0 Å². The number of hydrogen-bond donors (Lipinski definition) is 2. The summed E-state index contributed by atoms with van der Waals surface area (Å²) >= 11 is 0. The van der Waals surface area contributed by atoms with E-state index in [0.717, 1.165) is 12.0 Å². The molecule has 0 spiro atoms. The molecule has 2 amide bonds. The molecule has 7 heteroatoms. The van der Waals surface area contributed by atoms with Gasteiger partial charge in [0, 0.05) is 18.7 Å². The van der Waals surface area contributed by atoms with Crippen LogP contribution in [0.2, 0.25) is 0 Å². The summed E-state index contributed by atoms with van der Waals surface area (Å²) in [6.07, 6.45) is 13.0. The first-order valence-electron chi connectivity index (χ1n) is 9.59. The predicted octanol–water partition coefficient (Wildman–Crippen LogP) is 2.03. The Morgan fingerprint density at radius 3 is 2.15 bits per heavy atom. The molecule has 0 aromatic carbocycles. The average molecular weight is 378 g/mol. The number of allylic oxidation sites excluding steroid dienone is 2. The van der Waals surface area contributed by atoms with Crippen molar-refractivity contribution in [3.63, 3.8) is 0 Å². The highest BCUT2D eigenvalue weighted by atomic mass is 16.4. The minimum Gasteiger partial charge on any atom is -0.426 e. The fraction of sp³-hybridized carbons (Fsp3) is 0.600. The van der Waals surface area contributed by atoms with E-state index in [1.165, 1.54) is 9.80 Å². The van der Waals surface area contributed by atoms with Crippen molar-refractivity contribution in [3.05, 3.63) is 23.3 Å². The monoisotopic (exact) mass is 378 g/mol. The molecule has 152 valence electrons. The molecule has 1 atom stereocenters. The van der Waals surface area contributed by atoms with Gasteiger partial charge in [-0.3, -0.25) is 9.59 Å². The predicted molar refractivity (Wildman–Crippen MR) is 112 cm³/mol. The number of hydrogen-bond acceptors (Lipinski definition) is 4. The zero-order valence-corrected chi connectivity index (χ0v) is 17.6. The van der Waals surface area contributed by atoms with E-state index in [-0.39, 0.29) is 18.4 Å². The molecule has 27 heavy (non-hydrogen) atoms. The minimum absolute atomic E-state index is 0.0171. The third-order valence-corrected chi connectivity index (χ3v) is 4.15. The molecule has 2 saturated heterocycles. The topological polar surface area (TPSA) is 81.1 Å². The summed E-state index contributed by atoms with van der Waals surface area (Å²) in [6.45, 7) is 12.6. The first-order chi connectivity index (χ1) is 13.0. The molecule has 2 fully saturated rings. The van der Waals surface area contributed by atoms with Crippen LogP contribution >= 0.6 is 0 Å². The van der Waals surface area contributed by atoms with Crippen LogP contribution < -0.4 is 0 Å². The Morgan fingerprint density at radius 1 is 1.19 bits per heavy atom. The highest BCUT2D eigenvalue weighted by molar-refractivity contribution is 6.43. The number of nitrogens with zero attached hydrogens (tertiary/aromatic N) is 2. The van der Waals surface area contributed by atoms with Gasteiger partial charge >= 0.3 is 7.12 Å². The average Bonchev–Trinajstić information content (AvgIpc) is 3.32. The molecule has 2 N–H and O–H groups in total. The van der Waals surface area contributed by atoms with E-state index in [4.69, 9.17) is 0 Å². The lowest BCUT2D eigenvalue weighted by molar-refractivity contribution is -0.137. The van der Waals surface area contributed by atoms with E-state index in [0.29, 0.717) is 25.1 Å². The van der Waals surface area contributed by atoms with Crippen LogP contribution in [-0.4, -0.2) is 64.4 Å². The lowest BCUT2D eigenvalue weighted by atomic mass is 9.78. The molecular formula is C20H35BN2O4. The summed E-state index contributed by atoms with van der Waals surface area (Å²) in [5.74, 6) is -0.927. The van der Waals surface area contributed by atoms with Crippen LogP contribution in [0.1, 0.15) is 54.4 Å². The molecule has 2 rings (SSSR count). The number of amides is 2. The van der Waals surface area contributed by atoms with Crippen molar-refractivity contribution in [3.8, 4) is 12.8 Å². The van der Waals surface area contributed by atoms with Crippen molar-refractivity contribution in [1.29, 1.82) is 0 Å². The van der Waals surface area contributed by atoms with Crippen molar-refractivity contribution in [1.82, 2.24) is 9.80 Å². The standard InChI is InChI=1S/C14H21BN2O4.2C2H6.C2H2/c1-3-10-8-16(14(19)11(10)4-2)9-13(18)17-7-5-6-12(17)15(20)21;3*1-2/h3-4,12,20-21H,5-9H2,1-2H3;2*1-2H3;1-2H/b10-3-,11-4+;;;. The second-order valence-electron chi connectivity index (χ2n) is 5.39. The van der Waals surface area contributed by atoms with Gasteiger partial charge in [-0.25, -0.2) is 0 Å². The van der Waals surface area contributed by atoms with Gasteiger partial charge in [-0.15, -0.1) is 12.8 Å². The Morgan fingerprint density at radius 2 is 1.74 bits per heavy atom. The maximum atomic E-state index is 12.3. The second-order valence-corrected chi connectivity index (χ2v) is 5.39. The van der Waals surface area contributed by atoms with Crippen molar-refractivity contribution in [2.75, 3.05) is 19.6 Å². The second kappa shape index (κ2) is 15.1. The molecule has 0 radical (unpaired) electrons. The Hall–Kier alpha value is -2.04. The Kier molecular flexibility index (Phi) is 15.2. The smallest absolute Gasteiger partial charge is 0.426 e. The number of carbonyl (C=O) groups excluding carboxylic acids is 2. The number of rotatable bonds is 3. The largest absolute Gasteiger partial charge is 0.475 e.